The van der Waals surface area contributed by atoms with Gasteiger partial charge in [0.2, 0.25) is 5.95 Å². The molecule has 150 valence electrons. The van der Waals surface area contributed by atoms with E-state index in [0.717, 1.165) is 44.1 Å². The van der Waals surface area contributed by atoms with Crippen molar-refractivity contribution in [3.05, 3.63) is 54.5 Å². The van der Waals surface area contributed by atoms with Crippen LogP contribution in [0.5, 0.6) is 0 Å². The molecule has 3 aromatic rings. The van der Waals surface area contributed by atoms with Crippen LogP contribution in [0.3, 0.4) is 0 Å². The summed E-state index contributed by atoms with van der Waals surface area (Å²) in [6, 6.07) is 5.65. The number of aromatic nitrogens is 5. The topological polar surface area (TPSA) is 115 Å². The first-order valence-corrected chi connectivity index (χ1v) is 9.44. The Morgan fingerprint density at radius 1 is 1.14 bits per heavy atom. The third kappa shape index (κ3) is 4.66. The number of nitrogens with zero attached hydrogens (tertiary/aromatic N) is 6. The molecule has 0 unspecified atom stereocenters. The van der Waals surface area contributed by atoms with Crippen molar-refractivity contribution in [2.75, 3.05) is 43.4 Å². The minimum Gasteiger partial charge on any atom is -0.368 e. The van der Waals surface area contributed by atoms with Gasteiger partial charge in [0, 0.05) is 58.2 Å². The summed E-state index contributed by atoms with van der Waals surface area (Å²) in [4.78, 5) is 36.3. The molecule has 0 atom stereocenters. The molecule has 3 aromatic heterocycles. The summed E-state index contributed by atoms with van der Waals surface area (Å²) < 4.78 is 0. The number of pyridine rings is 1. The first-order valence-electron chi connectivity index (χ1n) is 9.44. The minimum absolute atomic E-state index is 0.174. The van der Waals surface area contributed by atoms with Crippen LogP contribution >= 0.6 is 0 Å². The number of H-pyrrole nitrogens is 1. The molecular formula is C19H23N9O. The number of hydrogen-bond donors (Lipinski definition) is 3. The average molecular weight is 393 g/mol. The monoisotopic (exact) mass is 393 g/mol. The normalized spacial score (nSPS) is 14.6. The molecule has 4 rings (SSSR count). The van der Waals surface area contributed by atoms with Gasteiger partial charge in [0.1, 0.15) is 17.8 Å². The number of rotatable bonds is 6. The number of aromatic amines is 1. The lowest BCUT2D eigenvalue weighted by atomic mass is 10.2. The number of hydrogen-bond acceptors (Lipinski definition) is 8. The summed E-state index contributed by atoms with van der Waals surface area (Å²) >= 11 is 0. The minimum atomic E-state index is -0.174. The Kier molecular flexibility index (Phi) is 5.61. The zero-order valence-corrected chi connectivity index (χ0v) is 16.2. The molecule has 4 heterocycles. The van der Waals surface area contributed by atoms with E-state index < -0.39 is 0 Å². The summed E-state index contributed by atoms with van der Waals surface area (Å²) in [6.07, 6.45) is 6.77. The summed E-state index contributed by atoms with van der Waals surface area (Å²) in [5, 5.41) is 5.71. The highest BCUT2D eigenvalue weighted by Crippen LogP contribution is 2.17. The van der Waals surface area contributed by atoms with Gasteiger partial charge in [-0.15, -0.1) is 0 Å². The predicted octanol–water partition coefficient (Wildman–Crippen LogP) is 1.02. The van der Waals surface area contributed by atoms with E-state index in [-0.39, 0.29) is 5.91 Å². The third-order valence-corrected chi connectivity index (χ3v) is 4.80. The van der Waals surface area contributed by atoms with Crippen molar-refractivity contribution in [2.45, 2.75) is 6.54 Å². The lowest BCUT2D eigenvalue weighted by Gasteiger charge is -2.35. The van der Waals surface area contributed by atoms with E-state index in [9.17, 15) is 4.79 Å². The van der Waals surface area contributed by atoms with Gasteiger partial charge in [0.15, 0.2) is 0 Å². The second-order valence-electron chi connectivity index (χ2n) is 6.70. The molecular weight excluding hydrogens is 370 g/mol. The van der Waals surface area contributed by atoms with Gasteiger partial charge >= 0.3 is 0 Å². The fraction of sp³-hybridized carbons (Fsp3) is 0.316. The Balaban J connectivity index is 1.31. The maximum absolute atomic E-state index is 11.6. The van der Waals surface area contributed by atoms with Crippen LogP contribution in [-0.4, -0.2) is 69.0 Å². The van der Waals surface area contributed by atoms with E-state index in [4.69, 9.17) is 0 Å². The van der Waals surface area contributed by atoms with E-state index in [2.05, 4.69) is 45.4 Å². The molecule has 0 aromatic carbocycles. The van der Waals surface area contributed by atoms with Crippen molar-refractivity contribution in [1.82, 2.24) is 35.1 Å². The Labute approximate surface area is 168 Å². The van der Waals surface area contributed by atoms with E-state index in [1.54, 1.807) is 38.0 Å². The highest BCUT2D eigenvalue weighted by molar-refractivity contribution is 5.92. The zero-order chi connectivity index (χ0) is 20.1. The number of carbonyl (C=O) groups is 1. The van der Waals surface area contributed by atoms with Crippen LogP contribution < -0.4 is 15.5 Å². The molecule has 29 heavy (non-hydrogen) atoms. The molecule has 10 heteroatoms. The van der Waals surface area contributed by atoms with Gasteiger partial charge in [-0.1, -0.05) is 0 Å². The van der Waals surface area contributed by atoms with Crippen LogP contribution in [0.25, 0.3) is 0 Å². The highest BCUT2D eigenvalue weighted by Gasteiger charge is 2.18. The lowest BCUT2D eigenvalue weighted by Crippen LogP contribution is -2.46. The number of amides is 1. The van der Waals surface area contributed by atoms with Crippen LogP contribution in [0.4, 0.5) is 17.5 Å². The number of imidazole rings is 1. The molecule has 1 aliphatic rings. The Morgan fingerprint density at radius 2 is 2.00 bits per heavy atom. The van der Waals surface area contributed by atoms with Crippen LogP contribution in [0, 0.1) is 0 Å². The maximum Gasteiger partial charge on any atom is 0.269 e. The molecule has 1 aliphatic heterocycles. The fourth-order valence-corrected chi connectivity index (χ4v) is 3.24. The van der Waals surface area contributed by atoms with Crippen LogP contribution in [0.2, 0.25) is 0 Å². The third-order valence-electron chi connectivity index (χ3n) is 4.80. The number of nitrogens with one attached hydrogen (secondary N) is 3. The molecule has 0 spiro atoms. The smallest absolute Gasteiger partial charge is 0.269 e. The summed E-state index contributed by atoms with van der Waals surface area (Å²) in [5.41, 5.74) is 2.42. The van der Waals surface area contributed by atoms with Gasteiger partial charge in [-0.2, -0.15) is 0 Å². The van der Waals surface area contributed by atoms with Crippen molar-refractivity contribution in [1.29, 1.82) is 0 Å². The molecule has 3 N–H and O–H groups in total. The van der Waals surface area contributed by atoms with Crippen LogP contribution in [-0.2, 0) is 6.54 Å². The summed E-state index contributed by atoms with van der Waals surface area (Å²) in [7, 11) is 1.60. The van der Waals surface area contributed by atoms with Gasteiger partial charge < -0.3 is 20.5 Å². The quantitative estimate of drug-likeness (QED) is 0.569. The van der Waals surface area contributed by atoms with Crippen LogP contribution in [0.1, 0.15) is 16.2 Å². The summed E-state index contributed by atoms with van der Waals surface area (Å²) in [6.45, 7) is 4.38. The van der Waals surface area contributed by atoms with E-state index in [1.807, 2.05) is 12.1 Å². The maximum atomic E-state index is 11.6. The second-order valence-corrected chi connectivity index (χ2v) is 6.70. The van der Waals surface area contributed by atoms with Gasteiger partial charge in [0.05, 0.1) is 17.6 Å². The van der Waals surface area contributed by atoms with Gasteiger partial charge in [-0.3, -0.25) is 9.69 Å². The number of carbonyl (C=O) groups excluding carboxylic acids is 1. The van der Waals surface area contributed by atoms with Gasteiger partial charge in [-0.25, -0.2) is 19.9 Å². The molecule has 1 amide bonds. The first-order chi connectivity index (χ1) is 14.2. The van der Waals surface area contributed by atoms with Crippen molar-refractivity contribution in [2.24, 2.45) is 0 Å². The van der Waals surface area contributed by atoms with Crippen molar-refractivity contribution in [3.63, 3.8) is 0 Å². The van der Waals surface area contributed by atoms with E-state index in [0.29, 0.717) is 17.5 Å². The highest BCUT2D eigenvalue weighted by atomic mass is 16.1. The summed E-state index contributed by atoms with van der Waals surface area (Å²) in [5.74, 6) is 1.19. The predicted molar refractivity (Wildman–Crippen MR) is 109 cm³/mol. The van der Waals surface area contributed by atoms with Gasteiger partial charge in [-0.05, 0) is 12.1 Å². The zero-order valence-electron chi connectivity index (χ0n) is 16.2. The van der Waals surface area contributed by atoms with E-state index in [1.165, 1.54) is 0 Å². The number of anilines is 3. The molecule has 0 saturated carbocycles. The molecule has 10 nitrogen and oxygen atoms in total. The van der Waals surface area contributed by atoms with Crippen LogP contribution in [0.15, 0.2) is 43.1 Å². The SMILES string of the molecule is CNC(=O)c1ccc(N2CCN(Cc3cc(Nc4ncc[nH]4)ncn3)CC2)cn1. The average Bonchev–Trinajstić information content (AvgIpc) is 3.27. The van der Waals surface area contributed by atoms with E-state index >= 15 is 0 Å². The lowest BCUT2D eigenvalue weighted by molar-refractivity contribution is 0.0958. The Hall–Kier alpha value is -3.53. The standard InChI is InChI=1S/C19H23N9O/c1-20-18(29)16-3-2-15(11-23-16)28-8-6-27(7-9-28)12-14-10-17(25-13-24-14)26-19-21-4-5-22-19/h2-5,10-11,13H,6-9,12H2,1H3,(H,20,29)(H2,21,22,24,25,26). The number of piperazine rings is 1. The van der Waals surface area contributed by atoms with Crippen molar-refractivity contribution >= 4 is 23.4 Å². The first kappa shape index (κ1) is 18.8. The molecule has 0 radical (unpaired) electrons. The largest absolute Gasteiger partial charge is 0.368 e. The Morgan fingerprint density at radius 3 is 2.69 bits per heavy atom. The second kappa shape index (κ2) is 8.65. The van der Waals surface area contributed by atoms with Crippen molar-refractivity contribution in [3.8, 4) is 0 Å². The van der Waals surface area contributed by atoms with Gasteiger partial charge in [0.25, 0.3) is 5.91 Å². The molecule has 1 fully saturated rings. The Bertz CT molecular complexity index is 935. The molecule has 1 saturated heterocycles. The van der Waals surface area contributed by atoms with Crippen molar-refractivity contribution < 1.29 is 4.79 Å². The molecule has 0 aliphatic carbocycles. The fourth-order valence-electron chi connectivity index (χ4n) is 3.24. The molecule has 0 bridgehead atoms.